The SMILES string of the molecule is [2H]C([2H])(C)c1ccc(-c2cc3c(cc2C)C(C)(C)c2ccccc2-3)[n+](C)c1. The van der Waals surface area contributed by atoms with E-state index in [1.165, 1.54) is 33.4 Å². The minimum absolute atomic E-state index is 0.0134. The molecule has 0 radical (unpaired) electrons. The van der Waals surface area contributed by atoms with Crippen molar-refractivity contribution < 1.29 is 7.31 Å². The zero-order valence-corrected chi connectivity index (χ0v) is 15.6. The number of hydrogen-bond acceptors (Lipinski definition) is 0. The van der Waals surface area contributed by atoms with Crippen LogP contribution >= 0.6 is 0 Å². The molecule has 0 unspecified atom stereocenters. The Labute approximate surface area is 153 Å². The van der Waals surface area contributed by atoms with Gasteiger partial charge in [0.25, 0.3) is 0 Å². The lowest BCUT2D eigenvalue weighted by atomic mass is 9.81. The number of aryl methyl sites for hydroxylation is 3. The Hall–Kier alpha value is -2.41. The zero-order valence-electron chi connectivity index (χ0n) is 17.6. The van der Waals surface area contributed by atoms with E-state index in [-0.39, 0.29) is 5.41 Å². The summed E-state index contributed by atoms with van der Waals surface area (Å²) in [5.41, 5.74) is 9.66. The standard InChI is InChI=1S/C24H26N/c1-6-17-11-12-23(25(5)15-17)19-14-20-18-9-7-8-10-21(18)24(3,4)22(20)13-16(19)2/h7-15H,6H2,1-5H3/q+1/i6D2. The van der Waals surface area contributed by atoms with Crippen LogP contribution in [0.5, 0.6) is 0 Å². The first-order valence-electron chi connectivity index (χ1n) is 9.86. The molecular weight excluding hydrogens is 302 g/mol. The van der Waals surface area contributed by atoms with E-state index in [1.54, 1.807) is 6.92 Å². The van der Waals surface area contributed by atoms with E-state index in [2.05, 4.69) is 57.2 Å². The normalized spacial score (nSPS) is 16.0. The molecule has 0 spiro atoms. The summed E-state index contributed by atoms with van der Waals surface area (Å²) in [6.45, 7) is 8.37. The first-order chi connectivity index (χ1) is 12.6. The van der Waals surface area contributed by atoms with Crippen LogP contribution in [0.2, 0.25) is 0 Å². The van der Waals surface area contributed by atoms with Crippen molar-refractivity contribution in [2.24, 2.45) is 7.05 Å². The van der Waals surface area contributed by atoms with Crippen LogP contribution < -0.4 is 4.57 Å². The summed E-state index contributed by atoms with van der Waals surface area (Å²) < 4.78 is 18.0. The van der Waals surface area contributed by atoms with Gasteiger partial charge in [0.2, 0.25) is 5.69 Å². The first kappa shape index (κ1) is 13.8. The fraction of sp³-hybridized carbons (Fsp3) is 0.292. The summed E-state index contributed by atoms with van der Waals surface area (Å²) in [7, 11) is 2.00. The smallest absolute Gasteiger partial charge is 0.201 e. The maximum absolute atomic E-state index is 7.97. The van der Waals surface area contributed by atoms with Gasteiger partial charge >= 0.3 is 0 Å². The number of nitrogens with zero attached hydrogens (tertiary/aromatic N) is 1. The number of benzene rings is 2. The predicted octanol–water partition coefficient (Wildman–Crippen LogP) is 5.36. The molecule has 4 rings (SSSR count). The Morgan fingerprint density at radius 2 is 1.72 bits per heavy atom. The van der Waals surface area contributed by atoms with Crippen molar-refractivity contribution in [1.82, 2.24) is 0 Å². The molecule has 1 heterocycles. The lowest BCUT2D eigenvalue weighted by molar-refractivity contribution is -0.660. The van der Waals surface area contributed by atoms with Crippen LogP contribution in [0.15, 0.2) is 54.7 Å². The number of pyridine rings is 1. The summed E-state index contributed by atoms with van der Waals surface area (Å²) in [5.74, 6) is 0. The highest BCUT2D eigenvalue weighted by Crippen LogP contribution is 2.49. The number of fused-ring (bicyclic) bond motifs is 3. The minimum atomic E-state index is -1.34. The van der Waals surface area contributed by atoms with E-state index in [0.717, 1.165) is 5.69 Å². The van der Waals surface area contributed by atoms with E-state index in [4.69, 9.17) is 2.74 Å². The third-order valence-corrected chi connectivity index (χ3v) is 5.63. The summed E-state index contributed by atoms with van der Waals surface area (Å²) in [6.07, 6.45) is 0.562. The molecule has 0 N–H and O–H groups in total. The molecule has 1 heteroatoms. The van der Waals surface area contributed by atoms with Crippen LogP contribution in [-0.4, -0.2) is 0 Å². The van der Waals surface area contributed by atoms with E-state index in [9.17, 15) is 0 Å². The van der Waals surface area contributed by atoms with Crippen molar-refractivity contribution in [2.45, 2.75) is 39.5 Å². The van der Waals surface area contributed by atoms with Gasteiger partial charge in [-0.25, -0.2) is 4.57 Å². The van der Waals surface area contributed by atoms with Crippen LogP contribution in [0.3, 0.4) is 0 Å². The second-order valence-electron chi connectivity index (χ2n) is 7.55. The molecule has 0 atom stereocenters. The third-order valence-electron chi connectivity index (χ3n) is 5.63. The summed E-state index contributed by atoms with van der Waals surface area (Å²) in [5, 5.41) is 0. The second kappa shape index (κ2) is 5.56. The highest BCUT2D eigenvalue weighted by molar-refractivity contribution is 5.84. The van der Waals surface area contributed by atoms with E-state index < -0.39 is 6.37 Å². The van der Waals surface area contributed by atoms with E-state index >= 15 is 0 Å². The van der Waals surface area contributed by atoms with Gasteiger partial charge < -0.3 is 0 Å². The molecular formula is C24H26N+. The molecule has 1 aliphatic carbocycles. The van der Waals surface area contributed by atoms with Crippen molar-refractivity contribution in [3.8, 4) is 22.4 Å². The molecule has 0 bridgehead atoms. The molecule has 126 valence electrons. The highest BCUT2D eigenvalue weighted by Gasteiger charge is 2.36. The summed E-state index contributed by atoms with van der Waals surface area (Å²) >= 11 is 0. The number of aromatic nitrogens is 1. The molecule has 0 saturated heterocycles. The summed E-state index contributed by atoms with van der Waals surface area (Å²) in [6, 6.07) is 17.3. The van der Waals surface area contributed by atoms with Crippen molar-refractivity contribution >= 4 is 0 Å². The highest BCUT2D eigenvalue weighted by atomic mass is 14.9. The van der Waals surface area contributed by atoms with Crippen LogP contribution in [0.1, 0.15) is 45.8 Å². The lowest BCUT2D eigenvalue weighted by Gasteiger charge is -2.22. The van der Waals surface area contributed by atoms with Crippen LogP contribution in [-0.2, 0) is 18.8 Å². The molecule has 1 aromatic heterocycles. The average molecular weight is 330 g/mol. The van der Waals surface area contributed by atoms with Gasteiger partial charge in [-0.3, -0.25) is 0 Å². The molecule has 0 aliphatic heterocycles. The first-order valence-corrected chi connectivity index (χ1v) is 8.86. The van der Waals surface area contributed by atoms with E-state index in [0.29, 0.717) is 5.56 Å². The van der Waals surface area contributed by atoms with Gasteiger partial charge in [-0.1, -0.05) is 51.1 Å². The lowest BCUT2D eigenvalue weighted by Crippen LogP contribution is -2.31. The monoisotopic (exact) mass is 330 g/mol. The molecule has 2 aromatic carbocycles. The van der Waals surface area contributed by atoms with Gasteiger partial charge in [-0.2, -0.15) is 0 Å². The molecule has 1 aliphatic rings. The Morgan fingerprint density at radius 1 is 0.960 bits per heavy atom. The largest absolute Gasteiger partial charge is 0.212 e. The van der Waals surface area contributed by atoms with Crippen LogP contribution in [0.25, 0.3) is 22.4 Å². The zero-order chi connectivity index (χ0) is 19.6. The fourth-order valence-electron chi connectivity index (χ4n) is 4.17. The Kier molecular flexibility index (Phi) is 3.07. The number of rotatable bonds is 2. The Bertz CT molecular complexity index is 1060. The van der Waals surface area contributed by atoms with Crippen molar-refractivity contribution in [3.05, 3.63) is 77.0 Å². The second-order valence-corrected chi connectivity index (χ2v) is 7.55. The van der Waals surface area contributed by atoms with Crippen LogP contribution in [0.4, 0.5) is 0 Å². The van der Waals surface area contributed by atoms with E-state index in [1.807, 2.05) is 29.9 Å². The van der Waals surface area contributed by atoms with Gasteiger partial charge in [0.05, 0.1) is 0 Å². The maximum Gasteiger partial charge on any atom is 0.212 e. The molecule has 25 heavy (non-hydrogen) atoms. The quantitative estimate of drug-likeness (QED) is 0.557. The molecule has 0 fully saturated rings. The topological polar surface area (TPSA) is 3.88 Å². The van der Waals surface area contributed by atoms with Crippen LogP contribution in [0, 0.1) is 6.92 Å². The third kappa shape index (κ3) is 2.33. The molecule has 3 aromatic rings. The molecule has 1 nitrogen and oxygen atoms in total. The Balaban J connectivity index is 1.92. The van der Waals surface area contributed by atoms with Gasteiger partial charge in [0, 0.05) is 25.3 Å². The molecule has 0 amide bonds. The van der Waals surface area contributed by atoms with Gasteiger partial charge in [0.1, 0.15) is 7.05 Å². The maximum atomic E-state index is 7.97. The fourth-order valence-corrected chi connectivity index (χ4v) is 4.17. The van der Waals surface area contributed by atoms with Crippen molar-refractivity contribution in [2.75, 3.05) is 0 Å². The van der Waals surface area contributed by atoms with Gasteiger partial charge in [-0.15, -0.1) is 0 Å². The predicted molar refractivity (Wildman–Crippen MR) is 105 cm³/mol. The number of hydrogen-bond donors (Lipinski definition) is 0. The van der Waals surface area contributed by atoms with Crippen molar-refractivity contribution in [3.63, 3.8) is 0 Å². The molecule has 0 saturated carbocycles. The minimum Gasteiger partial charge on any atom is -0.201 e. The van der Waals surface area contributed by atoms with Crippen molar-refractivity contribution in [1.29, 1.82) is 0 Å². The summed E-state index contributed by atoms with van der Waals surface area (Å²) in [4.78, 5) is 0. The van der Waals surface area contributed by atoms with Gasteiger partial charge in [0.15, 0.2) is 6.20 Å². The average Bonchev–Trinajstić information content (AvgIpc) is 2.81. The Morgan fingerprint density at radius 3 is 2.44 bits per heavy atom. The van der Waals surface area contributed by atoms with Gasteiger partial charge in [-0.05, 0) is 53.2 Å².